The molecule has 0 heterocycles. The molecule has 8 heteroatoms. The van der Waals surface area contributed by atoms with Crippen LogP contribution in [0.25, 0.3) is 0 Å². The number of rotatable bonds is 7. The standard InChI is InChI=1S/C22H35N3O5/c1-13(2)17(24-21(29)30-22(5,6)7)20(28)25(8)18(19(27)23-14(3)4)15-11-9-10-12-16(15)26/h9-14,17-18,26H,1-8H3,(H,23,27)(H,24,29). The molecular weight excluding hydrogens is 386 g/mol. The maximum atomic E-state index is 13.3. The first-order valence-electron chi connectivity index (χ1n) is 10.1. The number of amides is 3. The van der Waals surface area contributed by atoms with Crippen LogP contribution in [0.2, 0.25) is 0 Å². The molecule has 2 atom stereocenters. The summed E-state index contributed by atoms with van der Waals surface area (Å²) in [5.74, 6) is -1.25. The van der Waals surface area contributed by atoms with Crippen LogP contribution in [0.4, 0.5) is 4.79 Å². The Kier molecular flexibility index (Phi) is 8.69. The molecule has 0 aromatic heterocycles. The van der Waals surface area contributed by atoms with Gasteiger partial charge in [-0.2, -0.15) is 0 Å². The molecule has 0 bridgehead atoms. The second-order valence-corrected chi connectivity index (χ2v) is 8.94. The highest BCUT2D eigenvalue weighted by atomic mass is 16.6. The molecule has 168 valence electrons. The lowest BCUT2D eigenvalue weighted by molar-refractivity contribution is -0.141. The van der Waals surface area contributed by atoms with Gasteiger partial charge in [-0.3, -0.25) is 9.59 Å². The van der Waals surface area contributed by atoms with E-state index in [1.165, 1.54) is 18.0 Å². The van der Waals surface area contributed by atoms with Crippen molar-refractivity contribution < 1.29 is 24.2 Å². The number of ether oxygens (including phenoxy) is 1. The van der Waals surface area contributed by atoms with E-state index in [9.17, 15) is 19.5 Å². The molecule has 1 aromatic rings. The van der Waals surface area contributed by atoms with Crippen molar-refractivity contribution in [2.24, 2.45) is 5.92 Å². The van der Waals surface area contributed by atoms with Crippen LogP contribution in [-0.2, 0) is 14.3 Å². The van der Waals surface area contributed by atoms with E-state index in [0.717, 1.165) is 0 Å². The summed E-state index contributed by atoms with van der Waals surface area (Å²) in [6.07, 6.45) is -0.714. The van der Waals surface area contributed by atoms with E-state index in [1.807, 2.05) is 13.8 Å². The van der Waals surface area contributed by atoms with Gasteiger partial charge < -0.3 is 25.4 Å². The van der Waals surface area contributed by atoms with Crippen LogP contribution in [0.3, 0.4) is 0 Å². The monoisotopic (exact) mass is 421 g/mol. The zero-order valence-electron chi connectivity index (χ0n) is 19.1. The lowest BCUT2D eigenvalue weighted by Crippen LogP contribution is -2.54. The summed E-state index contributed by atoms with van der Waals surface area (Å²) in [7, 11) is 1.48. The molecule has 0 saturated heterocycles. The minimum Gasteiger partial charge on any atom is -0.508 e. The Hall–Kier alpha value is -2.77. The molecule has 0 saturated carbocycles. The molecule has 3 N–H and O–H groups in total. The number of phenolic OH excluding ortho intramolecular Hbond substituents is 1. The van der Waals surface area contributed by atoms with E-state index in [0.29, 0.717) is 5.56 Å². The number of nitrogens with one attached hydrogen (secondary N) is 2. The highest BCUT2D eigenvalue weighted by Crippen LogP contribution is 2.29. The van der Waals surface area contributed by atoms with Crippen molar-refractivity contribution in [3.8, 4) is 5.75 Å². The van der Waals surface area contributed by atoms with Gasteiger partial charge in [0.15, 0.2) is 0 Å². The second-order valence-electron chi connectivity index (χ2n) is 8.94. The third-order valence-corrected chi connectivity index (χ3v) is 4.25. The van der Waals surface area contributed by atoms with Crippen molar-refractivity contribution in [1.82, 2.24) is 15.5 Å². The first-order chi connectivity index (χ1) is 13.7. The number of carbonyl (C=O) groups is 3. The maximum absolute atomic E-state index is 13.3. The number of hydrogen-bond acceptors (Lipinski definition) is 5. The van der Waals surface area contributed by atoms with Gasteiger partial charge in [0.2, 0.25) is 11.8 Å². The van der Waals surface area contributed by atoms with Gasteiger partial charge in [0, 0.05) is 18.7 Å². The minimum absolute atomic E-state index is 0.0951. The molecule has 0 aliphatic carbocycles. The molecule has 0 aliphatic rings. The number of nitrogens with zero attached hydrogens (tertiary/aromatic N) is 1. The van der Waals surface area contributed by atoms with E-state index < -0.39 is 35.6 Å². The van der Waals surface area contributed by atoms with Crippen LogP contribution in [-0.4, -0.2) is 52.6 Å². The predicted molar refractivity (Wildman–Crippen MR) is 115 cm³/mol. The smallest absolute Gasteiger partial charge is 0.408 e. The van der Waals surface area contributed by atoms with Crippen LogP contribution < -0.4 is 10.6 Å². The number of carbonyl (C=O) groups excluding carboxylic acids is 3. The summed E-state index contributed by atoms with van der Waals surface area (Å²) in [5, 5.41) is 15.7. The van der Waals surface area contributed by atoms with Crippen molar-refractivity contribution in [3.63, 3.8) is 0 Å². The highest BCUT2D eigenvalue weighted by molar-refractivity contribution is 5.92. The fourth-order valence-electron chi connectivity index (χ4n) is 2.90. The van der Waals surface area contributed by atoms with Gasteiger partial charge >= 0.3 is 6.09 Å². The third-order valence-electron chi connectivity index (χ3n) is 4.25. The molecular formula is C22H35N3O5. The van der Waals surface area contributed by atoms with E-state index in [4.69, 9.17) is 4.74 Å². The number of alkyl carbamates (subject to hydrolysis) is 1. The van der Waals surface area contributed by atoms with Gasteiger partial charge in [0.25, 0.3) is 0 Å². The Morgan fingerprint density at radius 2 is 1.60 bits per heavy atom. The molecule has 1 aromatic carbocycles. The SMILES string of the molecule is CC(C)NC(=O)C(c1ccccc1O)N(C)C(=O)C(NC(=O)OC(C)(C)C)C(C)C. The zero-order chi connectivity index (χ0) is 23.2. The number of para-hydroxylation sites is 1. The molecule has 2 unspecified atom stereocenters. The Bertz CT molecular complexity index is 755. The van der Waals surface area contributed by atoms with Crippen LogP contribution in [0.1, 0.15) is 60.1 Å². The molecule has 3 amide bonds. The van der Waals surface area contributed by atoms with Gasteiger partial charge in [-0.1, -0.05) is 32.0 Å². The van der Waals surface area contributed by atoms with Crippen LogP contribution in [0.5, 0.6) is 5.75 Å². The van der Waals surface area contributed by atoms with Gasteiger partial charge in [-0.15, -0.1) is 0 Å². The summed E-state index contributed by atoms with van der Waals surface area (Å²) in [5.41, 5.74) is -0.415. The van der Waals surface area contributed by atoms with Crippen LogP contribution in [0.15, 0.2) is 24.3 Å². The van der Waals surface area contributed by atoms with Crippen LogP contribution >= 0.6 is 0 Å². The number of aromatic hydroxyl groups is 1. The Morgan fingerprint density at radius 3 is 2.07 bits per heavy atom. The van der Waals surface area contributed by atoms with E-state index >= 15 is 0 Å². The van der Waals surface area contributed by atoms with E-state index in [1.54, 1.807) is 52.8 Å². The fourth-order valence-corrected chi connectivity index (χ4v) is 2.90. The second kappa shape index (κ2) is 10.3. The van der Waals surface area contributed by atoms with Crippen molar-refractivity contribution >= 4 is 17.9 Å². The Balaban J connectivity index is 3.23. The predicted octanol–water partition coefficient (Wildman–Crippen LogP) is 2.97. The summed E-state index contributed by atoms with van der Waals surface area (Å²) >= 11 is 0. The van der Waals surface area contributed by atoms with E-state index in [2.05, 4.69) is 10.6 Å². The minimum atomic E-state index is -1.07. The molecule has 8 nitrogen and oxygen atoms in total. The van der Waals surface area contributed by atoms with Crippen molar-refractivity contribution in [1.29, 1.82) is 0 Å². The average molecular weight is 422 g/mol. The lowest BCUT2D eigenvalue weighted by atomic mass is 9.99. The number of likely N-dealkylation sites (N-methyl/N-ethyl adjacent to an activating group) is 1. The first kappa shape index (κ1) is 25.3. The normalized spacial score (nSPS) is 13.5. The van der Waals surface area contributed by atoms with E-state index in [-0.39, 0.29) is 17.7 Å². The third kappa shape index (κ3) is 7.24. The largest absolute Gasteiger partial charge is 0.508 e. The highest BCUT2D eigenvalue weighted by Gasteiger charge is 2.36. The van der Waals surface area contributed by atoms with Gasteiger partial charge in [-0.05, 0) is 46.6 Å². The molecule has 30 heavy (non-hydrogen) atoms. The zero-order valence-corrected chi connectivity index (χ0v) is 19.1. The summed E-state index contributed by atoms with van der Waals surface area (Å²) in [4.78, 5) is 39.7. The van der Waals surface area contributed by atoms with Gasteiger partial charge in [-0.25, -0.2) is 4.79 Å². The number of phenols is 1. The quantitative estimate of drug-likeness (QED) is 0.627. The summed E-state index contributed by atoms with van der Waals surface area (Å²) in [6, 6.07) is 4.24. The number of hydrogen-bond donors (Lipinski definition) is 3. The Morgan fingerprint density at radius 1 is 1.03 bits per heavy atom. The molecule has 0 radical (unpaired) electrons. The maximum Gasteiger partial charge on any atom is 0.408 e. The van der Waals surface area contributed by atoms with Gasteiger partial charge in [0.05, 0.1) is 0 Å². The van der Waals surface area contributed by atoms with Crippen molar-refractivity contribution in [2.45, 2.75) is 72.2 Å². The first-order valence-corrected chi connectivity index (χ1v) is 10.1. The van der Waals surface area contributed by atoms with Crippen molar-refractivity contribution in [3.05, 3.63) is 29.8 Å². The topological polar surface area (TPSA) is 108 Å². The Labute approximate surface area is 179 Å². The fraction of sp³-hybridized carbons (Fsp3) is 0.591. The number of benzene rings is 1. The molecule has 0 spiro atoms. The summed E-state index contributed by atoms with van der Waals surface area (Å²) in [6.45, 7) is 12.4. The summed E-state index contributed by atoms with van der Waals surface area (Å²) < 4.78 is 5.27. The lowest BCUT2D eigenvalue weighted by Gasteiger charge is -2.33. The van der Waals surface area contributed by atoms with Crippen molar-refractivity contribution in [2.75, 3.05) is 7.05 Å². The average Bonchev–Trinajstić information content (AvgIpc) is 2.58. The molecule has 1 rings (SSSR count). The molecule has 0 aliphatic heterocycles. The molecule has 0 fully saturated rings. The van der Waals surface area contributed by atoms with Crippen LogP contribution in [0, 0.1) is 5.92 Å². The van der Waals surface area contributed by atoms with Gasteiger partial charge in [0.1, 0.15) is 23.4 Å².